The van der Waals surface area contributed by atoms with Gasteiger partial charge in [-0.15, -0.1) is 23.7 Å². The first-order valence-corrected chi connectivity index (χ1v) is 9.17. The summed E-state index contributed by atoms with van der Waals surface area (Å²) in [5.74, 6) is -0.0171. The lowest BCUT2D eigenvalue weighted by Crippen LogP contribution is -2.43. The maximum atomic E-state index is 12.4. The third-order valence-electron chi connectivity index (χ3n) is 4.16. The first-order valence-electron chi connectivity index (χ1n) is 8.35. The molecule has 26 heavy (non-hydrogen) atoms. The van der Waals surface area contributed by atoms with Crippen molar-refractivity contribution in [2.45, 2.75) is 12.5 Å². The molecule has 7 heteroatoms. The van der Waals surface area contributed by atoms with E-state index in [-0.39, 0.29) is 24.4 Å². The van der Waals surface area contributed by atoms with Crippen molar-refractivity contribution in [3.05, 3.63) is 48.5 Å². The predicted molar refractivity (Wildman–Crippen MR) is 108 cm³/mol. The highest BCUT2D eigenvalue weighted by Crippen LogP contribution is 2.34. The van der Waals surface area contributed by atoms with Crippen molar-refractivity contribution in [3.63, 3.8) is 0 Å². The molecule has 5 nitrogen and oxygen atoms in total. The molecule has 1 atom stereocenters. The van der Waals surface area contributed by atoms with E-state index in [0.717, 1.165) is 33.0 Å². The van der Waals surface area contributed by atoms with Crippen LogP contribution in [0.25, 0.3) is 20.8 Å². The molecule has 2 N–H and O–H groups in total. The fraction of sp³-hybridized carbons (Fsp3) is 0.263. The summed E-state index contributed by atoms with van der Waals surface area (Å²) in [6.07, 6.45) is 0.397. The number of hydrogen-bond acceptors (Lipinski definition) is 5. The number of thiazole rings is 1. The molecule has 0 aliphatic carbocycles. The maximum Gasteiger partial charge on any atom is 0.226 e. The van der Waals surface area contributed by atoms with E-state index in [4.69, 9.17) is 9.72 Å². The van der Waals surface area contributed by atoms with Gasteiger partial charge < -0.3 is 15.4 Å². The molecule has 0 spiro atoms. The molecule has 136 valence electrons. The van der Waals surface area contributed by atoms with E-state index in [1.807, 2.05) is 42.5 Å². The normalized spacial score (nSPS) is 16.8. The Morgan fingerprint density at radius 3 is 2.85 bits per heavy atom. The number of carbonyl (C=O) groups excluding carboxylic acids is 1. The van der Waals surface area contributed by atoms with Crippen molar-refractivity contribution < 1.29 is 9.53 Å². The monoisotopic (exact) mass is 389 g/mol. The Hall–Kier alpha value is -1.99. The zero-order chi connectivity index (χ0) is 17.1. The molecule has 2 heterocycles. The Labute approximate surface area is 162 Å². The first kappa shape index (κ1) is 18.8. The smallest absolute Gasteiger partial charge is 0.226 e. The number of hydrogen-bond donors (Lipinski definition) is 2. The van der Waals surface area contributed by atoms with E-state index in [1.165, 1.54) is 0 Å². The molecule has 0 radical (unpaired) electrons. The van der Waals surface area contributed by atoms with Gasteiger partial charge in [-0.05, 0) is 24.3 Å². The van der Waals surface area contributed by atoms with Crippen LogP contribution >= 0.6 is 23.7 Å². The summed E-state index contributed by atoms with van der Waals surface area (Å²) in [5, 5.41) is 7.25. The number of amides is 1. The minimum absolute atomic E-state index is 0. The second-order valence-electron chi connectivity index (χ2n) is 6.01. The number of fused-ring (bicyclic) bond motifs is 1. The lowest BCUT2D eigenvalue weighted by molar-refractivity contribution is -0.117. The Kier molecular flexibility index (Phi) is 6.21. The van der Waals surface area contributed by atoms with Gasteiger partial charge in [-0.3, -0.25) is 4.79 Å². The molecule has 1 aliphatic rings. The first-order chi connectivity index (χ1) is 12.3. The summed E-state index contributed by atoms with van der Waals surface area (Å²) in [5.41, 5.74) is 2.72. The number of ether oxygens (including phenoxy) is 1. The maximum absolute atomic E-state index is 12.4. The van der Waals surface area contributed by atoms with Crippen LogP contribution in [0.1, 0.15) is 6.42 Å². The van der Waals surface area contributed by atoms with Crippen molar-refractivity contribution in [2.75, 3.05) is 25.1 Å². The number of nitrogens with zero attached hydrogens (tertiary/aromatic N) is 1. The number of benzene rings is 2. The molecule has 0 saturated carbocycles. The second-order valence-corrected chi connectivity index (χ2v) is 7.04. The van der Waals surface area contributed by atoms with Gasteiger partial charge in [0.15, 0.2) is 0 Å². The molecule has 1 saturated heterocycles. The van der Waals surface area contributed by atoms with Gasteiger partial charge in [0, 0.05) is 24.6 Å². The van der Waals surface area contributed by atoms with Crippen LogP contribution in [-0.2, 0) is 9.53 Å². The van der Waals surface area contributed by atoms with Crippen LogP contribution in [0.3, 0.4) is 0 Å². The largest absolute Gasteiger partial charge is 0.378 e. The summed E-state index contributed by atoms with van der Waals surface area (Å²) in [6, 6.07) is 15.9. The van der Waals surface area contributed by atoms with Crippen LogP contribution in [0.4, 0.5) is 5.69 Å². The molecule has 1 amide bonds. The van der Waals surface area contributed by atoms with Gasteiger partial charge in [0.05, 0.1) is 29.1 Å². The van der Waals surface area contributed by atoms with Crippen LogP contribution in [0, 0.1) is 0 Å². The van der Waals surface area contributed by atoms with Gasteiger partial charge in [-0.25, -0.2) is 4.98 Å². The van der Waals surface area contributed by atoms with Gasteiger partial charge in [-0.2, -0.15) is 0 Å². The zero-order valence-corrected chi connectivity index (χ0v) is 15.7. The van der Waals surface area contributed by atoms with Crippen LogP contribution in [-0.4, -0.2) is 36.7 Å². The van der Waals surface area contributed by atoms with E-state index in [2.05, 4.69) is 16.7 Å². The quantitative estimate of drug-likeness (QED) is 0.714. The topological polar surface area (TPSA) is 63.2 Å². The summed E-state index contributed by atoms with van der Waals surface area (Å²) in [7, 11) is 0. The van der Waals surface area contributed by atoms with Crippen molar-refractivity contribution in [2.24, 2.45) is 0 Å². The predicted octanol–water partition coefficient (Wildman–Crippen LogP) is 3.70. The Bertz CT molecular complexity index is 860. The van der Waals surface area contributed by atoms with Crippen molar-refractivity contribution in [1.29, 1.82) is 0 Å². The Balaban J connectivity index is 0.00000196. The highest BCUT2D eigenvalue weighted by Gasteiger charge is 2.18. The van der Waals surface area contributed by atoms with Crippen LogP contribution < -0.4 is 10.6 Å². The fourth-order valence-corrected chi connectivity index (χ4v) is 3.95. The SMILES string of the molecule is Cl.O=C(CC1COCCN1)Nc1ccccc1-c1nc2ccccc2s1. The lowest BCUT2D eigenvalue weighted by atomic mass is 10.1. The van der Waals surface area contributed by atoms with Crippen LogP contribution in [0.2, 0.25) is 0 Å². The van der Waals surface area contributed by atoms with Gasteiger partial charge in [0.1, 0.15) is 5.01 Å². The number of anilines is 1. The molecule has 1 fully saturated rings. The average Bonchev–Trinajstić information content (AvgIpc) is 3.07. The molecule has 1 aromatic heterocycles. The van der Waals surface area contributed by atoms with Gasteiger partial charge >= 0.3 is 0 Å². The van der Waals surface area contributed by atoms with E-state index in [1.54, 1.807) is 11.3 Å². The number of morpholine rings is 1. The Morgan fingerprint density at radius 1 is 1.23 bits per heavy atom. The molecule has 2 aromatic carbocycles. The van der Waals surface area contributed by atoms with E-state index in [0.29, 0.717) is 19.6 Å². The lowest BCUT2D eigenvalue weighted by Gasteiger charge is -2.23. The third kappa shape index (κ3) is 4.22. The van der Waals surface area contributed by atoms with Crippen molar-refractivity contribution in [1.82, 2.24) is 10.3 Å². The van der Waals surface area contributed by atoms with Crippen LogP contribution in [0.15, 0.2) is 48.5 Å². The number of nitrogens with one attached hydrogen (secondary N) is 2. The highest BCUT2D eigenvalue weighted by atomic mass is 35.5. The number of rotatable bonds is 4. The Morgan fingerprint density at radius 2 is 2.04 bits per heavy atom. The van der Waals surface area contributed by atoms with Gasteiger partial charge in [0.25, 0.3) is 0 Å². The molecule has 3 aromatic rings. The van der Waals surface area contributed by atoms with Gasteiger partial charge in [-0.1, -0.05) is 24.3 Å². The number of para-hydroxylation sites is 2. The zero-order valence-electron chi connectivity index (χ0n) is 14.1. The molecule has 4 rings (SSSR count). The second kappa shape index (κ2) is 8.60. The van der Waals surface area contributed by atoms with E-state index < -0.39 is 0 Å². The molecule has 1 unspecified atom stereocenters. The van der Waals surface area contributed by atoms with E-state index >= 15 is 0 Å². The highest BCUT2D eigenvalue weighted by molar-refractivity contribution is 7.21. The average molecular weight is 390 g/mol. The van der Waals surface area contributed by atoms with Crippen molar-refractivity contribution >= 4 is 45.6 Å². The number of halogens is 1. The molecular weight excluding hydrogens is 370 g/mol. The number of aromatic nitrogens is 1. The fourth-order valence-electron chi connectivity index (χ4n) is 2.94. The third-order valence-corrected chi connectivity index (χ3v) is 5.23. The number of carbonyl (C=O) groups is 1. The summed E-state index contributed by atoms with van der Waals surface area (Å²) >= 11 is 1.63. The summed E-state index contributed by atoms with van der Waals surface area (Å²) < 4.78 is 6.55. The minimum Gasteiger partial charge on any atom is -0.378 e. The van der Waals surface area contributed by atoms with Crippen LogP contribution in [0.5, 0.6) is 0 Å². The minimum atomic E-state index is -0.0171. The summed E-state index contributed by atoms with van der Waals surface area (Å²) in [6.45, 7) is 2.08. The molecule has 1 aliphatic heterocycles. The molecular formula is C19H20ClN3O2S. The standard InChI is InChI=1S/C19H19N3O2S.ClH/c23-18(11-13-12-24-10-9-20-13)21-15-6-2-1-5-14(15)19-22-16-7-3-4-8-17(16)25-19;/h1-8,13,20H,9-12H2,(H,21,23);1H. The van der Waals surface area contributed by atoms with E-state index in [9.17, 15) is 4.79 Å². The summed E-state index contributed by atoms with van der Waals surface area (Å²) in [4.78, 5) is 17.1. The van der Waals surface area contributed by atoms with Crippen molar-refractivity contribution in [3.8, 4) is 10.6 Å². The molecule has 0 bridgehead atoms. The van der Waals surface area contributed by atoms with Gasteiger partial charge in [0.2, 0.25) is 5.91 Å².